The smallest absolute Gasteiger partial charge is 0.328 e. The first-order valence-corrected chi connectivity index (χ1v) is 6.49. The summed E-state index contributed by atoms with van der Waals surface area (Å²) in [6.45, 7) is 4.90. The number of imidazole rings is 1. The molecule has 0 radical (unpaired) electrons. The Balaban J connectivity index is 2.68. The first-order valence-electron chi connectivity index (χ1n) is 6.49. The highest BCUT2D eigenvalue weighted by Crippen LogP contribution is 2.12. The fourth-order valence-corrected chi connectivity index (χ4v) is 2.06. The van der Waals surface area contributed by atoms with Gasteiger partial charge in [-0.05, 0) is 13.3 Å². The SMILES string of the molecule is CCCCn1c(=O)[nH]c(=O)c2c1ncn2C(C)CN. The fraction of sp³-hybridized carbons (Fsp3) is 0.583. The topological polar surface area (TPSA) is 98.7 Å². The van der Waals surface area contributed by atoms with Crippen LogP contribution in [0.5, 0.6) is 0 Å². The Morgan fingerprint density at radius 2 is 2.21 bits per heavy atom. The molecular weight excluding hydrogens is 246 g/mol. The van der Waals surface area contributed by atoms with E-state index in [0.717, 1.165) is 12.8 Å². The zero-order chi connectivity index (χ0) is 14.0. The van der Waals surface area contributed by atoms with Crippen molar-refractivity contribution in [2.45, 2.75) is 39.3 Å². The minimum Gasteiger partial charge on any atom is -0.328 e. The van der Waals surface area contributed by atoms with Crippen molar-refractivity contribution < 1.29 is 0 Å². The third kappa shape index (κ3) is 2.33. The van der Waals surface area contributed by atoms with Gasteiger partial charge in [-0.3, -0.25) is 14.3 Å². The molecule has 1 atom stereocenters. The van der Waals surface area contributed by atoms with Gasteiger partial charge in [-0.15, -0.1) is 0 Å². The quantitative estimate of drug-likeness (QED) is 0.807. The van der Waals surface area contributed by atoms with Crippen LogP contribution < -0.4 is 17.0 Å². The average molecular weight is 265 g/mol. The van der Waals surface area contributed by atoms with Gasteiger partial charge in [-0.1, -0.05) is 13.3 Å². The van der Waals surface area contributed by atoms with E-state index in [9.17, 15) is 9.59 Å². The Hall–Kier alpha value is -1.89. The second kappa shape index (κ2) is 5.40. The first-order chi connectivity index (χ1) is 9.10. The third-order valence-electron chi connectivity index (χ3n) is 3.26. The molecule has 0 aliphatic carbocycles. The number of hydrogen-bond donors (Lipinski definition) is 2. The minimum absolute atomic E-state index is 0.0387. The van der Waals surface area contributed by atoms with E-state index in [4.69, 9.17) is 5.73 Å². The number of unbranched alkanes of at least 4 members (excludes halogenated alkanes) is 1. The van der Waals surface area contributed by atoms with Crippen molar-refractivity contribution in [2.24, 2.45) is 5.73 Å². The summed E-state index contributed by atoms with van der Waals surface area (Å²) in [4.78, 5) is 30.4. The van der Waals surface area contributed by atoms with E-state index in [0.29, 0.717) is 24.3 Å². The third-order valence-corrected chi connectivity index (χ3v) is 3.26. The number of aromatic nitrogens is 4. The number of nitrogens with zero attached hydrogens (tertiary/aromatic N) is 3. The molecular formula is C12H19N5O2. The van der Waals surface area contributed by atoms with Gasteiger partial charge in [0.1, 0.15) is 0 Å². The normalized spacial score (nSPS) is 13.0. The molecule has 0 fully saturated rings. The maximum absolute atomic E-state index is 12.0. The monoisotopic (exact) mass is 265 g/mol. The molecule has 0 saturated heterocycles. The summed E-state index contributed by atoms with van der Waals surface area (Å²) in [5.41, 5.74) is 5.65. The molecule has 0 aromatic carbocycles. The summed E-state index contributed by atoms with van der Waals surface area (Å²) >= 11 is 0. The summed E-state index contributed by atoms with van der Waals surface area (Å²) in [6.07, 6.45) is 3.40. The van der Waals surface area contributed by atoms with Gasteiger partial charge in [0, 0.05) is 19.1 Å². The van der Waals surface area contributed by atoms with Crippen molar-refractivity contribution >= 4 is 11.2 Å². The van der Waals surface area contributed by atoms with Crippen molar-refractivity contribution in [2.75, 3.05) is 6.54 Å². The molecule has 0 spiro atoms. The number of nitrogens with one attached hydrogen (secondary N) is 1. The highest BCUT2D eigenvalue weighted by Gasteiger charge is 2.15. The summed E-state index contributed by atoms with van der Waals surface area (Å²) in [6, 6.07) is -0.0387. The Morgan fingerprint density at radius 1 is 1.47 bits per heavy atom. The van der Waals surface area contributed by atoms with Crippen LogP contribution in [0.15, 0.2) is 15.9 Å². The van der Waals surface area contributed by atoms with Gasteiger partial charge in [0.2, 0.25) is 0 Å². The second-order valence-corrected chi connectivity index (χ2v) is 4.67. The highest BCUT2D eigenvalue weighted by atomic mass is 16.2. The maximum atomic E-state index is 12.0. The van der Waals surface area contributed by atoms with Crippen LogP contribution in [-0.2, 0) is 6.54 Å². The van der Waals surface area contributed by atoms with Crippen LogP contribution in [0.2, 0.25) is 0 Å². The Bertz CT molecular complexity index is 681. The van der Waals surface area contributed by atoms with Crippen LogP contribution in [0.3, 0.4) is 0 Å². The molecule has 0 saturated carbocycles. The van der Waals surface area contributed by atoms with E-state index < -0.39 is 11.2 Å². The number of fused-ring (bicyclic) bond motifs is 1. The molecule has 19 heavy (non-hydrogen) atoms. The van der Waals surface area contributed by atoms with Crippen LogP contribution in [0.4, 0.5) is 0 Å². The number of rotatable bonds is 5. The van der Waals surface area contributed by atoms with Crippen LogP contribution >= 0.6 is 0 Å². The van der Waals surface area contributed by atoms with Crippen molar-refractivity contribution in [1.82, 2.24) is 19.1 Å². The Labute approximate surface area is 110 Å². The van der Waals surface area contributed by atoms with Crippen molar-refractivity contribution in [1.29, 1.82) is 0 Å². The molecule has 104 valence electrons. The van der Waals surface area contributed by atoms with Crippen molar-refractivity contribution in [3.05, 3.63) is 27.2 Å². The number of H-pyrrole nitrogens is 1. The molecule has 7 nitrogen and oxygen atoms in total. The molecule has 0 aliphatic heterocycles. The van der Waals surface area contributed by atoms with E-state index in [1.165, 1.54) is 4.57 Å². The van der Waals surface area contributed by atoms with Crippen LogP contribution in [0.1, 0.15) is 32.7 Å². The molecule has 0 bridgehead atoms. The van der Waals surface area contributed by atoms with Gasteiger partial charge in [0.05, 0.1) is 6.33 Å². The van der Waals surface area contributed by atoms with Gasteiger partial charge in [-0.25, -0.2) is 9.78 Å². The lowest BCUT2D eigenvalue weighted by Gasteiger charge is -2.11. The molecule has 0 aliphatic rings. The molecule has 7 heteroatoms. The molecule has 3 N–H and O–H groups in total. The lowest BCUT2D eigenvalue weighted by molar-refractivity contribution is 0.569. The van der Waals surface area contributed by atoms with Gasteiger partial charge < -0.3 is 10.3 Å². The number of nitrogens with two attached hydrogens (primary N) is 1. The van der Waals surface area contributed by atoms with E-state index in [-0.39, 0.29) is 6.04 Å². The predicted octanol–water partition coefficient (Wildman–Crippen LogP) is 0.206. The molecule has 2 rings (SSSR count). The number of aryl methyl sites for hydroxylation is 1. The minimum atomic E-state index is -0.412. The van der Waals surface area contributed by atoms with E-state index >= 15 is 0 Å². The predicted molar refractivity (Wildman–Crippen MR) is 73.3 cm³/mol. The van der Waals surface area contributed by atoms with E-state index in [1.807, 2.05) is 13.8 Å². The van der Waals surface area contributed by atoms with Crippen molar-refractivity contribution in [3.63, 3.8) is 0 Å². The largest absolute Gasteiger partial charge is 0.330 e. The second-order valence-electron chi connectivity index (χ2n) is 4.67. The van der Waals surface area contributed by atoms with Gasteiger partial charge >= 0.3 is 5.69 Å². The average Bonchev–Trinajstić information content (AvgIpc) is 2.82. The summed E-state index contributed by atoms with van der Waals surface area (Å²) in [5.74, 6) is 0. The zero-order valence-electron chi connectivity index (χ0n) is 11.2. The molecule has 2 heterocycles. The van der Waals surface area contributed by atoms with E-state index in [1.54, 1.807) is 10.9 Å². The highest BCUT2D eigenvalue weighted by molar-refractivity contribution is 5.70. The van der Waals surface area contributed by atoms with Crippen LogP contribution in [-0.4, -0.2) is 25.6 Å². The zero-order valence-corrected chi connectivity index (χ0v) is 11.2. The Morgan fingerprint density at radius 3 is 2.84 bits per heavy atom. The van der Waals surface area contributed by atoms with Crippen LogP contribution in [0.25, 0.3) is 11.2 Å². The number of aromatic amines is 1. The lowest BCUT2D eigenvalue weighted by atomic mass is 10.3. The first kappa shape index (κ1) is 13.5. The fourth-order valence-electron chi connectivity index (χ4n) is 2.06. The molecule has 0 amide bonds. The molecule has 1 unspecified atom stereocenters. The number of hydrogen-bond acceptors (Lipinski definition) is 4. The van der Waals surface area contributed by atoms with Gasteiger partial charge in [0.15, 0.2) is 11.2 Å². The Kier molecular flexibility index (Phi) is 3.84. The van der Waals surface area contributed by atoms with Gasteiger partial charge in [0.25, 0.3) is 5.56 Å². The summed E-state index contributed by atoms with van der Waals surface area (Å²) in [7, 11) is 0. The standard InChI is InChI=1S/C12H19N5O2/c1-3-4-5-16-10-9(11(18)15-12(16)19)17(7-14-10)8(2)6-13/h7-8H,3-6,13H2,1-2H3,(H,15,18,19). The van der Waals surface area contributed by atoms with Gasteiger partial charge in [-0.2, -0.15) is 0 Å². The molecule has 2 aromatic rings. The van der Waals surface area contributed by atoms with E-state index in [2.05, 4.69) is 9.97 Å². The van der Waals surface area contributed by atoms with Crippen LogP contribution in [0, 0.1) is 0 Å². The summed E-state index contributed by atoms with van der Waals surface area (Å²) < 4.78 is 3.23. The molecule has 2 aromatic heterocycles. The maximum Gasteiger partial charge on any atom is 0.330 e. The summed E-state index contributed by atoms with van der Waals surface area (Å²) in [5, 5.41) is 0. The lowest BCUT2D eigenvalue weighted by Crippen LogP contribution is -2.31. The van der Waals surface area contributed by atoms with Crippen molar-refractivity contribution in [3.8, 4) is 0 Å².